The van der Waals surface area contributed by atoms with E-state index in [2.05, 4.69) is 125 Å². The number of halogens is 2. The smallest absolute Gasteiger partial charge is 0.147 e. The van der Waals surface area contributed by atoms with Gasteiger partial charge in [-0.3, -0.25) is 0 Å². The summed E-state index contributed by atoms with van der Waals surface area (Å²) < 4.78 is 3.23. The third-order valence-electron chi connectivity index (χ3n) is 8.29. The molecule has 4 aromatic rings. The second-order valence-electron chi connectivity index (χ2n) is 10.1. The van der Waals surface area contributed by atoms with Crippen LogP contribution in [0.25, 0.3) is 16.7 Å². The van der Waals surface area contributed by atoms with E-state index >= 15 is 0 Å². The molecule has 0 heterocycles. The molecule has 0 aromatic heterocycles. The van der Waals surface area contributed by atoms with Gasteiger partial charge < -0.3 is 0 Å². The van der Waals surface area contributed by atoms with Crippen molar-refractivity contribution in [2.24, 2.45) is 5.92 Å². The summed E-state index contributed by atoms with van der Waals surface area (Å²) in [6.45, 7) is 9.38. The Balaban J connectivity index is 0.00000168. The molecule has 0 saturated heterocycles. The van der Waals surface area contributed by atoms with E-state index in [-0.39, 0.29) is 24.8 Å². The van der Waals surface area contributed by atoms with Crippen molar-refractivity contribution in [2.45, 2.75) is 34.1 Å². The molecule has 6 rings (SSSR count). The molecule has 0 fully saturated rings. The van der Waals surface area contributed by atoms with Crippen molar-refractivity contribution in [3.63, 3.8) is 0 Å². The van der Waals surface area contributed by atoms with Gasteiger partial charge in [0, 0.05) is 0 Å². The minimum Gasteiger partial charge on any atom is -0.147 e. The van der Waals surface area contributed by atoms with Gasteiger partial charge in [0.25, 0.3) is 0 Å². The summed E-state index contributed by atoms with van der Waals surface area (Å²) in [6, 6.07) is 36.1. The van der Waals surface area contributed by atoms with Crippen LogP contribution in [-0.2, 0) is 29.2 Å². The monoisotopic (exact) mass is 613 g/mol. The van der Waals surface area contributed by atoms with E-state index in [4.69, 9.17) is 0 Å². The first-order valence-electron chi connectivity index (χ1n) is 12.9. The molecule has 3 heteroatoms. The van der Waals surface area contributed by atoms with E-state index in [1.807, 2.05) is 0 Å². The van der Waals surface area contributed by atoms with Gasteiger partial charge in [0.05, 0.1) is 0 Å². The van der Waals surface area contributed by atoms with Gasteiger partial charge in [-0.1, -0.05) is 0 Å². The van der Waals surface area contributed by atoms with E-state index in [0.717, 1.165) is 6.42 Å². The molecule has 0 radical (unpaired) electrons. The van der Waals surface area contributed by atoms with Gasteiger partial charge in [0.1, 0.15) is 0 Å². The van der Waals surface area contributed by atoms with E-state index in [9.17, 15) is 0 Å². The minimum absolute atomic E-state index is 0. The fourth-order valence-corrected chi connectivity index (χ4v) is 9.95. The normalized spacial score (nSPS) is 15.3. The summed E-state index contributed by atoms with van der Waals surface area (Å²) in [5, 5.41) is 0. The summed E-state index contributed by atoms with van der Waals surface area (Å²) in [6.07, 6.45) is 1.05. The molecule has 1 unspecified atom stereocenters. The van der Waals surface area contributed by atoms with E-state index in [1.54, 1.807) is 17.6 Å². The molecule has 38 heavy (non-hydrogen) atoms. The van der Waals surface area contributed by atoms with Crippen molar-refractivity contribution >= 4 is 36.9 Å². The van der Waals surface area contributed by atoms with Gasteiger partial charge in [0.15, 0.2) is 0 Å². The van der Waals surface area contributed by atoms with Crippen LogP contribution in [0.2, 0.25) is 0 Å². The summed E-state index contributed by atoms with van der Waals surface area (Å²) in [4.78, 5) is 0. The SMILES string of the molecule is CC1=C(C)C(C)C(c2ccc3c([c]2[Zr]=[C](c2ccccc2)c2ccccc2)Cc2ccccc2-3)=C1C.Cl.Cl. The molecule has 2 aliphatic carbocycles. The van der Waals surface area contributed by atoms with Crippen LogP contribution in [0, 0.1) is 5.92 Å². The van der Waals surface area contributed by atoms with Gasteiger partial charge in [0.2, 0.25) is 0 Å². The topological polar surface area (TPSA) is 0 Å². The Kier molecular flexibility index (Phi) is 8.94. The van der Waals surface area contributed by atoms with Gasteiger partial charge in [-0.2, -0.15) is 0 Å². The maximum atomic E-state index is 2.46. The van der Waals surface area contributed by atoms with Crippen LogP contribution in [0.1, 0.15) is 55.5 Å². The predicted molar refractivity (Wildman–Crippen MR) is 165 cm³/mol. The Morgan fingerprint density at radius 3 is 1.76 bits per heavy atom. The number of hydrogen-bond donors (Lipinski definition) is 0. The second-order valence-corrected chi connectivity index (χ2v) is 13.2. The third kappa shape index (κ3) is 4.90. The fourth-order valence-electron chi connectivity index (χ4n) is 6.02. The van der Waals surface area contributed by atoms with Gasteiger partial charge in [-0.25, -0.2) is 0 Å². The Bertz CT molecular complexity index is 1540. The molecular formula is C35H33Cl2Zr. The Labute approximate surface area is 250 Å². The Morgan fingerprint density at radius 2 is 1.18 bits per heavy atom. The second kappa shape index (κ2) is 11.8. The van der Waals surface area contributed by atoms with Crippen LogP contribution in [0.4, 0.5) is 0 Å². The summed E-state index contributed by atoms with van der Waals surface area (Å²) >= 11 is -1.19. The van der Waals surface area contributed by atoms with Crippen molar-refractivity contribution in [3.8, 4) is 11.1 Å². The molecule has 0 bridgehead atoms. The molecule has 2 aliphatic rings. The van der Waals surface area contributed by atoms with Gasteiger partial charge >= 0.3 is 228 Å². The average Bonchev–Trinajstić information content (AvgIpc) is 3.39. The van der Waals surface area contributed by atoms with Crippen molar-refractivity contribution in [2.75, 3.05) is 0 Å². The largest absolute Gasteiger partial charge is 0.147 e. The minimum atomic E-state index is -1.19. The van der Waals surface area contributed by atoms with Crippen LogP contribution >= 0.6 is 24.8 Å². The first kappa shape index (κ1) is 28.7. The molecule has 0 N–H and O–H groups in total. The maximum absolute atomic E-state index is 2.46. The van der Waals surface area contributed by atoms with Crippen LogP contribution in [0.15, 0.2) is 114 Å². The first-order valence-corrected chi connectivity index (χ1v) is 15.4. The molecule has 4 aromatic carbocycles. The van der Waals surface area contributed by atoms with Gasteiger partial charge in [-0.15, -0.1) is 24.8 Å². The van der Waals surface area contributed by atoms with E-state index < -0.39 is 22.8 Å². The molecule has 0 aliphatic heterocycles. The molecule has 0 nitrogen and oxygen atoms in total. The molecular weight excluding hydrogens is 583 g/mol. The Hall–Kier alpha value is -2.31. The third-order valence-corrected chi connectivity index (χ3v) is 12.3. The molecule has 1 atom stereocenters. The zero-order valence-corrected chi connectivity index (χ0v) is 26.4. The van der Waals surface area contributed by atoms with Crippen molar-refractivity contribution in [1.82, 2.24) is 0 Å². The van der Waals surface area contributed by atoms with E-state index in [0.29, 0.717) is 5.92 Å². The standard InChI is InChI=1S/C22H21.C13H10.2ClH.Zr/c1-13-14(2)16(4)22(15(13)3)18-9-10-21-19(12-18)11-17-7-5-6-8-20(17)21;1-3-7-12(8-4-1)11-13-9-5-2-6-10-13;;;/h5-10,15H,11H2,1-4H3;1-10H;2*1H;. The Morgan fingerprint density at radius 1 is 0.632 bits per heavy atom. The maximum Gasteiger partial charge on any atom is -0.147 e. The van der Waals surface area contributed by atoms with Crippen molar-refractivity contribution in [1.29, 1.82) is 0 Å². The van der Waals surface area contributed by atoms with E-state index in [1.165, 1.54) is 50.1 Å². The van der Waals surface area contributed by atoms with Crippen LogP contribution < -0.4 is 3.27 Å². The molecule has 0 spiro atoms. The summed E-state index contributed by atoms with van der Waals surface area (Å²) in [5.74, 6) is 0.474. The van der Waals surface area contributed by atoms with Crippen LogP contribution in [0.5, 0.6) is 0 Å². The molecule has 191 valence electrons. The number of fused-ring (bicyclic) bond motifs is 3. The molecule has 0 saturated carbocycles. The average molecular weight is 616 g/mol. The first-order chi connectivity index (χ1) is 17.5. The van der Waals surface area contributed by atoms with Crippen LogP contribution in [0.3, 0.4) is 0 Å². The number of benzene rings is 4. The predicted octanol–water partition coefficient (Wildman–Crippen LogP) is 8.84. The van der Waals surface area contributed by atoms with Crippen molar-refractivity contribution in [3.05, 3.63) is 142 Å². The number of allylic oxidation sites excluding steroid dienone is 4. The number of rotatable bonds is 4. The summed E-state index contributed by atoms with van der Waals surface area (Å²) in [5.41, 5.74) is 16.3. The van der Waals surface area contributed by atoms with Gasteiger partial charge in [-0.05, 0) is 0 Å². The number of hydrogen-bond acceptors (Lipinski definition) is 0. The van der Waals surface area contributed by atoms with Crippen molar-refractivity contribution < 1.29 is 22.8 Å². The molecule has 0 amide bonds. The quantitative estimate of drug-likeness (QED) is 0.190. The zero-order valence-electron chi connectivity index (χ0n) is 22.3. The fraction of sp³-hybridized carbons (Fsp3) is 0.171. The van der Waals surface area contributed by atoms with Crippen LogP contribution in [-0.4, -0.2) is 3.21 Å². The summed E-state index contributed by atoms with van der Waals surface area (Å²) in [7, 11) is 0. The zero-order chi connectivity index (χ0) is 24.8.